The second-order valence-electron chi connectivity index (χ2n) is 8.18. The maximum Gasteiger partial charge on any atom is 0.0785 e. The van der Waals surface area contributed by atoms with Crippen molar-refractivity contribution in [3.05, 3.63) is 0 Å². The molecular formula is C15H28BrN. The van der Waals surface area contributed by atoms with Crippen molar-refractivity contribution in [2.75, 3.05) is 27.7 Å². The Hall–Kier alpha value is 0.440. The van der Waals surface area contributed by atoms with E-state index in [9.17, 15) is 0 Å². The fraction of sp³-hybridized carbons (Fsp3) is 1.00. The van der Waals surface area contributed by atoms with Crippen molar-refractivity contribution < 1.29 is 21.5 Å². The first-order valence-corrected chi connectivity index (χ1v) is 7.25. The van der Waals surface area contributed by atoms with Crippen LogP contribution in [0.2, 0.25) is 0 Å². The summed E-state index contributed by atoms with van der Waals surface area (Å²) < 4.78 is 1.15. The van der Waals surface area contributed by atoms with Crippen molar-refractivity contribution in [3.8, 4) is 0 Å². The van der Waals surface area contributed by atoms with E-state index in [0.29, 0.717) is 0 Å². The quantitative estimate of drug-likeness (QED) is 0.658. The molecule has 4 bridgehead atoms. The fourth-order valence-corrected chi connectivity index (χ4v) is 5.17. The highest BCUT2D eigenvalue weighted by Crippen LogP contribution is 2.61. The van der Waals surface area contributed by atoms with Gasteiger partial charge in [0.2, 0.25) is 0 Å². The first-order valence-electron chi connectivity index (χ1n) is 7.25. The van der Waals surface area contributed by atoms with Crippen LogP contribution in [0.1, 0.15) is 44.9 Å². The van der Waals surface area contributed by atoms with Crippen LogP contribution >= 0.6 is 0 Å². The lowest BCUT2D eigenvalue weighted by atomic mass is 9.49. The van der Waals surface area contributed by atoms with Gasteiger partial charge in [0.05, 0.1) is 27.7 Å². The summed E-state index contributed by atoms with van der Waals surface area (Å²) >= 11 is 0. The Labute approximate surface area is 117 Å². The second-order valence-corrected chi connectivity index (χ2v) is 8.18. The summed E-state index contributed by atoms with van der Waals surface area (Å²) in [6, 6.07) is 0. The van der Waals surface area contributed by atoms with Gasteiger partial charge in [-0.05, 0) is 61.7 Å². The maximum absolute atomic E-state index is 2.35. The first kappa shape index (κ1) is 13.9. The fourth-order valence-electron chi connectivity index (χ4n) is 5.17. The van der Waals surface area contributed by atoms with E-state index >= 15 is 0 Å². The van der Waals surface area contributed by atoms with Crippen LogP contribution in [-0.4, -0.2) is 32.2 Å². The molecule has 100 valence electrons. The summed E-state index contributed by atoms with van der Waals surface area (Å²) in [6.07, 6.45) is 11.0. The molecule has 4 saturated carbocycles. The van der Waals surface area contributed by atoms with Gasteiger partial charge in [-0.25, -0.2) is 0 Å². The maximum atomic E-state index is 2.35. The molecule has 0 amide bonds. The van der Waals surface area contributed by atoms with Crippen molar-refractivity contribution in [1.82, 2.24) is 0 Å². The molecular weight excluding hydrogens is 274 g/mol. The number of hydrogen-bond donors (Lipinski definition) is 0. The van der Waals surface area contributed by atoms with Crippen molar-refractivity contribution >= 4 is 0 Å². The minimum atomic E-state index is 0. The van der Waals surface area contributed by atoms with Crippen LogP contribution in [-0.2, 0) is 0 Å². The van der Waals surface area contributed by atoms with Gasteiger partial charge in [-0.2, -0.15) is 0 Å². The number of nitrogens with zero attached hydrogens (tertiary/aromatic N) is 1. The molecule has 0 unspecified atom stereocenters. The zero-order valence-electron chi connectivity index (χ0n) is 11.7. The minimum Gasteiger partial charge on any atom is -1.00 e. The lowest BCUT2D eigenvalue weighted by Crippen LogP contribution is -3.00. The molecule has 0 saturated heterocycles. The minimum absolute atomic E-state index is 0. The zero-order chi connectivity index (χ0) is 11.4. The predicted octanol–water partition coefficient (Wildman–Crippen LogP) is 0.303. The van der Waals surface area contributed by atoms with Crippen molar-refractivity contribution in [1.29, 1.82) is 0 Å². The van der Waals surface area contributed by atoms with Gasteiger partial charge < -0.3 is 21.5 Å². The Morgan fingerprint density at radius 1 is 0.882 bits per heavy atom. The van der Waals surface area contributed by atoms with Gasteiger partial charge in [0, 0.05) is 6.42 Å². The Bertz CT molecular complexity index is 244. The standard InChI is InChI=1S/C15H28N.BrH/c1-16(2,3)5-4-15-9-12-6-13(10-15)8-14(7-12)11-15;/h12-14H,4-11H2,1-3H3;1H/q+1;/p-1. The van der Waals surface area contributed by atoms with E-state index in [1.54, 1.807) is 38.5 Å². The lowest BCUT2D eigenvalue weighted by molar-refractivity contribution is -0.871. The van der Waals surface area contributed by atoms with E-state index in [2.05, 4.69) is 21.1 Å². The van der Waals surface area contributed by atoms with E-state index in [-0.39, 0.29) is 17.0 Å². The molecule has 0 spiro atoms. The summed E-state index contributed by atoms with van der Waals surface area (Å²) in [4.78, 5) is 0. The predicted molar refractivity (Wildman–Crippen MR) is 68.1 cm³/mol. The third-order valence-corrected chi connectivity index (χ3v) is 5.48. The van der Waals surface area contributed by atoms with Crippen LogP contribution in [0.4, 0.5) is 0 Å². The van der Waals surface area contributed by atoms with Gasteiger partial charge in [0.1, 0.15) is 0 Å². The smallest absolute Gasteiger partial charge is 0.0785 e. The highest BCUT2D eigenvalue weighted by atomic mass is 79.9. The second kappa shape index (κ2) is 4.52. The number of hydrogen-bond acceptors (Lipinski definition) is 0. The van der Waals surface area contributed by atoms with Gasteiger partial charge >= 0.3 is 0 Å². The molecule has 2 heteroatoms. The Morgan fingerprint density at radius 2 is 1.29 bits per heavy atom. The van der Waals surface area contributed by atoms with Crippen molar-refractivity contribution in [2.24, 2.45) is 23.2 Å². The highest BCUT2D eigenvalue weighted by Gasteiger charge is 2.50. The van der Waals surface area contributed by atoms with Gasteiger partial charge in [-0.3, -0.25) is 0 Å². The average molecular weight is 302 g/mol. The zero-order valence-corrected chi connectivity index (χ0v) is 13.3. The van der Waals surface area contributed by atoms with E-state index in [0.717, 1.165) is 27.7 Å². The molecule has 0 aromatic heterocycles. The summed E-state index contributed by atoms with van der Waals surface area (Å²) in [5.74, 6) is 3.37. The molecule has 0 N–H and O–H groups in total. The number of halogens is 1. The van der Waals surface area contributed by atoms with E-state index in [4.69, 9.17) is 0 Å². The largest absolute Gasteiger partial charge is 1.00 e. The molecule has 0 aromatic carbocycles. The summed E-state index contributed by atoms with van der Waals surface area (Å²) in [5.41, 5.74) is 0.792. The topological polar surface area (TPSA) is 0 Å². The Balaban J connectivity index is 0.00000108. The molecule has 0 aliphatic heterocycles. The molecule has 0 heterocycles. The van der Waals surface area contributed by atoms with Crippen molar-refractivity contribution in [2.45, 2.75) is 44.9 Å². The van der Waals surface area contributed by atoms with Gasteiger partial charge in [-0.1, -0.05) is 0 Å². The molecule has 4 rings (SSSR count). The van der Waals surface area contributed by atoms with Gasteiger partial charge in [0.15, 0.2) is 0 Å². The molecule has 0 radical (unpaired) electrons. The SMILES string of the molecule is C[N+](C)(C)CCC12CC3CC(CC(C3)C1)C2.[Br-]. The van der Waals surface area contributed by atoms with E-state index in [1.807, 2.05) is 0 Å². The summed E-state index contributed by atoms with van der Waals surface area (Å²) in [6.45, 7) is 1.38. The van der Waals surface area contributed by atoms with Gasteiger partial charge in [0.25, 0.3) is 0 Å². The van der Waals surface area contributed by atoms with Crippen LogP contribution in [0.25, 0.3) is 0 Å². The number of quaternary nitrogens is 1. The molecule has 4 aliphatic rings. The first-order chi connectivity index (χ1) is 7.44. The van der Waals surface area contributed by atoms with Crippen LogP contribution in [0, 0.1) is 23.2 Å². The van der Waals surface area contributed by atoms with Crippen LogP contribution in [0.3, 0.4) is 0 Å². The molecule has 4 fully saturated rings. The van der Waals surface area contributed by atoms with Crippen molar-refractivity contribution in [3.63, 3.8) is 0 Å². The highest BCUT2D eigenvalue weighted by molar-refractivity contribution is 5.01. The van der Waals surface area contributed by atoms with E-state index < -0.39 is 0 Å². The lowest BCUT2D eigenvalue weighted by Gasteiger charge is -2.57. The average Bonchev–Trinajstić information content (AvgIpc) is 2.11. The van der Waals surface area contributed by atoms with Crippen LogP contribution < -0.4 is 17.0 Å². The van der Waals surface area contributed by atoms with Crippen LogP contribution in [0.15, 0.2) is 0 Å². The Kier molecular flexibility index (Phi) is 3.69. The molecule has 1 nitrogen and oxygen atoms in total. The number of rotatable bonds is 3. The molecule has 17 heavy (non-hydrogen) atoms. The third kappa shape index (κ3) is 2.89. The molecule has 4 aliphatic carbocycles. The summed E-state index contributed by atoms with van der Waals surface area (Å²) in [7, 11) is 7.04. The van der Waals surface area contributed by atoms with Crippen LogP contribution in [0.5, 0.6) is 0 Å². The Morgan fingerprint density at radius 3 is 1.65 bits per heavy atom. The van der Waals surface area contributed by atoms with Gasteiger partial charge in [-0.15, -0.1) is 0 Å². The molecule has 0 aromatic rings. The van der Waals surface area contributed by atoms with E-state index in [1.165, 1.54) is 13.0 Å². The summed E-state index contributed by atoms with van der Waals surface area (Å²) in [5, 5.41) is 0. The normalized spacial score (nSPS) is 43.6. The monoisotopic (exact) mass is 301 g/mol. The third-order valence-electron chi connectivity index (χ3n) is 5.48. The molecule has 0 atom stereocenters.